The highest BCUT2D eigenvalue weighted by Crippen LogP contribution is 2.45. The van der Waals surface area contributed by atoms with Gasteiger partial charge in [0.05, 0.1) is 18.0 Å². The molecule has 30 heavy (non-hydrogen) atoms. The molecule has 0 amide bonds. The van der Waals surface area contributed by atoms with Crippen molar-refractivity contribution in [2.24, 2.45) is 11.1 Å². The normalized spacial score (nSPS) is 20.7. The molecule has 1 aliphatic heterocycles. The number of hydrogen-bond donors (Lipinski definition) is 2. The molecule has 2 heterocycles. The van der Waals surface area contributed by atoms with Crippen LogP contribution in [-0.2, 0) is 0 Å². The van der Waals surface area contributed by atoms with Gasteiger partial charge in [-0.2, -0.15) is 0 Å². The van der Waals surface area contributed by atoms with Gasteiger partial charge in [0, 0.05) is 31.2 Å². The molecule has 0 spiro atoms. The number of aromatic carboxylic acids is 1. The number of rotatable bonds is 4. The maximum Gasteiger partial charge on any atom is 0.352 e. The van der Waals surface area contributed by atoms with Crippen LogP contribution in [0.4, 0.5) is 10.1 Å². The zero-order valence-electron chi connectivity index (χ0n) is 17.3. The van der Waals surface area contributed by atoms with Crippen molar-refractivity contribution < 1.29 is 19.0 Å². The molecule has 1 saturated carbocycles. The monoisotopic (exact) mass is 439 g/mol. The summed E-state index contributed by atoms with van der Waals surface area (Å²) in [6, 6.07) is 2.24. The summed E-state index contributed by atoms with van der Waals surface area (Å²) in [5.74, 6) is -1.53. The van der Waals surface area contributed by atoms with Gasteiger partial charge in [0.1, 0.15) is 11.4 Å². The second kappa shape index (κ2) is 7.74. The Kier molecular flexibility index (Phi) is 5.77. The first-order chi connectivity index (χ1) is 13.7. The molecule has 4 rings (SSSR count). The molecular weight excluding hydrogens is 413 g/mol. The summed E-state index contributed by atoms with van der Waals surface area (Å²) >= 11 is 0. The predicted molar refractivity (Wildman–Crippen MR) is 116 cm³/mol. The summed E-state index contributed by atoms with van der Waals surface area (Å²) in [5, 5.41) is 9.79. The SMILES string of the molecule is COc1c(N2CC[C@@H](N)C(C)(C)C2)c(F)cc2c(=O)cc(C(=O)O)n(C3CC3)c12.Cl. The van der Waals surface area contributed by atoms with Gasteiger partial charge in [-0.25, -0.2) is 9.18 Å². The van der Waals surface area contributed by atoms with Crippen LogP contribution in [0.2, 0.25) is 0 Å². The van der Waals surface area contributed by atoms with Crippen molar-refractivity contribution in [3.05, 3.63) is 33.9 Å². The zero-order valence-corrected chi connectivity index (χ0v) is 18.1. The first kappa shape index (κ1) is 22.4. The van der Waals surface area contributed by atoms with Gasteiger partial charge in [-0.15, -0.1) is 12.4 Å². The topological polar surface area (TPSA) is 97.8 Å². The lowest BCUT2D eigenvalue weighted by Crippen LogP contribution is -2.52. The lowest BCUT2D eigenvalue weighted by atomic mass is 9.79. The van der Waals surface area contributed by atoms with Crippen LogP contribution in [0.1, 0.15) is 49.6 Å². The lowest BCUT2D eigenvalue weighted by molar-refractivity contribution is 0.0684. The van der Waals surface area contributed by atoms with Crippen LogP contribution in [0, 0.1) is 11.2 Å². The number of carboxylic acids is 1. The molecule has 1 aliphatic carbocycles. The molecular formula is C21H27ClFN3O4. The number of carbonyl (C=O) groups is 1. The number of carboxylic acid groups (broad SMARTS) is 1. The van der Waals surface area contributed by atoms with E-state index in [0.29, 0.717) is 25.0 Å². The molecule has 0 radical (unpaired) electrons. The van der Waals surface area contributed by atoms with Crippen molar-refractivity contribution >= 4 is 35.0 Å². The fourth-order valence-electron chi connectivity index (χ4n) is 4.35. The molecule has 7 nitrogen and oxygen atoms in total. The first-order valence-electron chi connectivity index (χ1n) is 9.85. The molecule has 1 aromatic heterocycles. The molecule has 3 N–H and O–H groups in total. The van der Waals surface area contributed by atoms with E-state index in [1.165, 1.54) is 13.2 Å². The van der Waals surface area contributed by atoms with Crippen molar-refractivity contribution in [2.75, 3.05) is 25.1 Å². The van der Waals surface area contributed by atoms with E-state index in [4.69, 9.17) is 10.5 Å². The molecule has 0 bridgehead atoms. The minimum Gasteiger partial charge on any atom is -0.492 e. The average Bonchev–Trinajstić information content (AvgIpc) is 3.48. The smallest absolute Gasteiger partial charge is 0.352 e. The van der Waals surface area contributed by atoms with E-state index in [1.54, 1.807) is 4.57 Å². The van der Waals surface area contributed by atoms with Crippen LogP contribution in [0.25, 0.3) is 10.9 Å². The van der Waals surface area contributed by atoms with Gasteiger partial charge in [-0.3, -0.25) is 4.79 Å². The highest BCUT2D eigenvalue weighted by Gasteiger charge is 2.37. The molecule has 2 aromatic rings. The highest BCUT2D eigenvalue weighted by atomic mass is 35.5. The van der Waals surface area contributed by atoms with Crippen LogP contribution >= 0.6 is 12.4 Å². The number of anilines is 1. The van der Waals surface area contributed by atoms with Crippen molar-refractivity contribution in [1.82, 2.24) is 4.57 Å². The Hall–Kier alpha value is -2.32. The van der Waals surface area contributed by atoms with Gasteiger partial charge >= 0.3 is 5.97 Å². The second-order valence-electron chi connectivity index (χ2n) is 8.74. The first-order valence-corrected chi connectivity index (χ1v) is 9.85. The van der Waals surface area contributed by atoms with E-state index >= 15 is 4.39 Å². The number of ether oxygens (including phenoxy) is 1. The Morgan fingerprint density at radius 3 is 2.50 bits per heavy atom. The van der Waals surface area contributed by atoms with Gasteiger partial charge in [0.15, 0.2) is 17.0 Å². The Morgan fingerprint density at radius 2 is 1.97 bits per heavy atom. The average molecular weight is 440 g/mol. The fourth-order valence-corrected chi connectivity index (χ4v) is 4.35. The maximum atomic E-state index is 15.3. The maximum absolute atomic E-state index is 15.3. The number of fused-ring (bicyclic) bond motifs is 1. The Labute approximate surface area is 180 Å². The minimum absolute atomic E-state index is 0. The number of piperidine rings is 1. The number of aromatic nitrogens is 1. The fraction of sp³-hybridized carbons (Fsp3) is 0.524. The third kappa shape index (κ3) is 3.52. The number of halogens is 2. The second-order valence-corrected chi connectivity index (χ2v) is 8.74. The number of benzene rings is 1. The van der Waals surface area contributed by atoms with Gasteiger partial charge in [0.25, 0.3) is 0 Å². The van der Waals surface area contributed by atoms with Crippen molar-refractivity contribution in [2.45, 2.75) is 45.2 Å². The molecule has 1 saturated heterocycles. The summed E-state index contributed by atoms with van der Waals surface area (Å²) in [6.45, 7) is 5.16. The van der Waals surface area contributed by atoms with Gasteiger partial charge in [-0.05, 0) is 30.7 Å². The zero-order chi connectivity index (χ0) is 21.1. The number of nitrogens with zero attached hydrogens (tertiary/aromatic N) is 2. The highest BCUT2D eigenvalue weighted by molar-refractivity contribution is 5.96. The van der Waals surface area contributed by atoms with Gasteiger partial charge in [-0.1, -0.05) is 13.8 Å². The molecule has 2 fully saturated rings. The van der Waals surface area contributed by atoms with Crippen LogP contribution in [0.5, 0.6) is 5.75 Å². The molecule has 2 aliphatic rings. The van der Waals surface area contributed by atoms with Crippen LogP contribution in [0.3, 0.4) is 0 Å². The van der Waals surface area contributed by atoms with E-state index < -0.39 is 17.2 Å². The molecule has 1 aromatic carbocycles. The Balaban J connectivity index is 0.00000256. The number of nitrogens with two attached hydrogens (primary N) is 1. The van der Waals surface area contributed by atoms with Crippen LogP contribution < -0.4 is 20.8 Å². The van der Waals surface area contributed by atoms with Crippen LogP contribution in [0.15, 0.2) is 16.9 Å². The molecule has 164 valence electrons. The molecule has 9 heteroatoms. The van der Waals surface area contributed by atoms with E-state index in [0.717, 1.165) is 18.9 Å². The Morgan fingerprint density at radius 1 is 1.30 bits per heavy atom. The Bertz CT molecular complexity index is 1060. The summed E-state index contributed by atoms with van der Waals surface area (Å²) in [7, 11) is 1.42. The van der Waals surface area contributed by atoms with Gasteiger partial charge < -0.3 is 25.0 Å². The standard InChI is InChI=1S/C21H26FN3O4.ClH/c1-21(2)10-24(7-6-16(21)23)18-13(22)8-12-15(26)9-14(20(27)28)25(11-4-5-11)17(12)19(18)29-3;/h8-9,11,16H,4-7,10,23H2,1-3H3,(H,27,28);1H/t16-;/m1./s1. The minimum atomic E-state index is -1.19. The molecule has 1 atom stereocenters. The van der Waals surface area contributed by atoms with E-state index in [-0.39, 0.29) is 52.4 Å². The lowest BCUT2D eigenvalue weighted by Gasteiger charge is -2.44. The van der Waals surface area contributed by atoms with E-state index in [2.05, 4.69) is 0 Å². The van der Waals surface area contributed by atoms with E-state index in [9.17, 15) is 14.7 Å². The number of pyridine rings is 1. The third-order valence-corrected chi connectivity index (χ3v) is 6.18. The summed E-state index contributed by atoms with van der Waals surface area (Å²) < 4.78 is 22.5. The number of hydrogen-bond acceptors (Lipinski definition) is 5. The van der Waals surface area contributed by atoms with Crippen LogP contribution in [-0.4, -0.2) is 41.9 Å². The van der Waals surface area contributed by atoms with Crippen molar-refractivity contribution in [1.29, 1.82) is 0 Å². The van der Waals surface area contributed by atoms with Crippen molar-refractivity contribution in [3.63, 3.8) is 0 Å². The molecule has 0 unspecified atom stereocenters. The quantitative estimate of drug-likeness (QED) is 0.759. The number of methoxy groups -OCH3 is 1. The predicted octanol–water partition coefficient (Wildman–Crippen LogP) is 3.17. The summed E-state index contributed by atoms with van der Waals surface area (Å²) in [4.78, 5) is 26.3. The summed E-state index contributed by atoms with van der Waals surface area (Å²) in [5.41, 5.74) is 5.99. The van der Waals surface area contributed by atoms with Crippen molar-refractivity contribution in [3.8, 4) is 5.75 Å². The summed E-state index contributed by atoms with van der Waals surface area (Å²) in [6.07, 6.45) is 2.30. The third-order valence-electron chi connectivity index (χ3n) is 6.18. The van der Waals surface area contributed by atoms with E-state index in [1.807, 2.05) is 18.7 Å². The largest absolute Gasteiger partial charge is 0.492 e. The van der Waals surface area contributed by atoms with Gasteiger partial charge in [0.2, 0.25) is 0 Å².